The second-order valence-corrected chi connectivity index (χ2v) is 5.69. The smallest absolute Gasteiger partial charge is 0.227 e. The minimum absolute atomic E-state index is 0. The number of ether oxygens (including phenoxy) is 1. The standard InChI is InChI=1S/C16H24N2O2.ClH/c1-11(2)20-15-9-4-3-8-14(15)18-16(19)13-7-5-6-12(13)10-17;/h3-4,8-9,11-13H,5-7,10,17H2,1-2H3,(H,18,19);1H/t12-,13-;/m1./s1. The summed E-state index contributed by atoms with van der Waals surface area (Å²) in [6.45, 7) is 4.53. The normalized spacial score (nSPS) is 21.0. The van der Waals surface area contributed by atoms with Crippen LogP contribution in [0.4, 0.5) is 5.69 Å². The fourth-order valence-electron chi connectivity index (χ4n) is 2.82. The van der Waals surface area contributed by atoms with Gasteiger partial charge in [0.15, 0.2) is 0 Å². The minimum Gasteiger partial charge on any atom is -0.489 e. The molecular weight excluding hydrogens is 288 g/mol. The SMILES string of the molecule is CC(C)Oc1ccccc1NC(=O)[C@@H]1CCC[C@@H]1CN.Cl. The first-order valence-electron chi connectivity index (χ1n) is 7.38. The molecule has 118 valence electrons. The van der Waals surface area contributed by atoms with Crippen molar-refractivity contribution in [1.29, 1.82) is 0 Å². The van der Waals surface area contributed by atoms with Crippen LogP contribution in [-0.2, 0) is 4.79 Å². The van der Waals surface area contributed by atoms with E-state index >= 15 is 0 Å². The van der Waals surface area contributed by atoms with Crippen LogP contribution >= 0.6 is 12.4 Å². The number of anilines is 1. The van der Waals surface area contributed by atoms with Gasteiger partial charge >= 0.3 is 0 Å². The average Bonchev–Trinajstić information content (AvgIpc) is 2.88. The lowest BCUT2D eigenvalue weighted by molar-refractivity contribution is -0.120. The molecule has 2 atom stereocenters. The molecule has 1 aromatic rings. The van der Waals surface area contributed by atoms with E-state index in [1.807, 2.05) is 38.1 Å². The first-order valence-corrected chi connectivity index (χ1v) is 7.38. The minimum atomic E-state index is 0. The van der Waals surface area contributed by atoms with Crippen molar-refractivity contribution >= 4 is 24.0 Å². The maximum Gasteiger partial charge on any atom is 0.227 e. The average molecular weight is 313 g/mol. The molecule has 0 radical (unpaired) electrons. The summed E-state index contributed by atoms with van der Waals surface area (Å²) in [5.74, 6) is 1.14. The van der Waals surface area contributed by atoms with Gasteiger partial charge in [-0.15, -0.1) is 12.4 Å². The summed E-state index contributed by atoms with van der Waals surface area (Å²) in [5.41, 5.74) is 6.49. The molecule has 1 saturated carbocycles. The zero-order valence-electron chi connectivity index (χ0n) is 12.7. The molecule has 1 aliphatic carbocycles. The summed E-state index contributed by atoms with van der Waals surface area (Å²) in [4.78, 5) is 12.4. The van der Waals surface area contributed by atoms with E-state index in [1.165, 1.54) is 0 Å². The number of para-hydroxylation sites is 2. The Bertz CT molecular complexity index is 465. The van der Waals surface area contributed by atoms with E-state index in [9.17, 15) is 4.79 Å². The van der Waals surface area contributed by atoms with E-state index in [0.29, 0.717) is 12.5 Å². The molecule has 21 heavy (non-hydrogen) atoms. The molecule has 5 heteroatoms. The quantitative estimate of drug-likeness (QED) is 0.877. The maximum atomic E-state index is 12.4. The zero-order valence-corrected chi connectivity index (χ0v) is 13.5. The van der Waals surface area contributed by atoms with E-state index < -0.39 is 0 Å². The van der Waals surface area contributed by atoms with Gasteiger partial charge in [0.1, 0.15) is 5.75 Å². The van der Waals surface area contributed by atoms with Crippen molar-refractivity contribution in [2.75, 3.05) is 11.9 Å². The summed E-state index contributed by atoms with van der Waals surface area (Å²) < 4.78 is 5.72. The number of nitrogens with one attached hydrogen (secondary N) is 1. The van der Waals surface area contributed by atoms with Crippen LogP contribution in [0.5, 0.6) is 5.75 Å². The van der Waals surface area contributed by atoms with Gasteiger partial charge in [0.2, 0.25) is 5.91 Å². The number of amides is 1. The highest BCUT2D eigenvalue weighted by Gasteiger charge is 2.32. The molecule has 0 spiro atoms. The molecule has 1 aromatic carbocycles. The van der Waals surface area contributed by atoms with Gasteiger partial charge in [-0.3, -0.25) is 4.79 Å². The monoisotopic (exact) mass is 312 g/mol. The van der Waals surface area contributed by atoms with Gasteiger partial charge in [-0.05, 0) is 51.3 Å². The lowest BCUT2D eigenvalue weighted by Gasteiger charge is -2.19. The first kappa shape index (κ1) is 17.8. The highest BCUT2D eigenvalue weighted by atomic mass is 35.5. The largest absolute Gasteiger partial charge is 0.489 e. The molecule has 0 unspecified atom stereocenters. The fourth-order valence-corrected chi connectivity index (χ4v) is 2.82. The molecule has 4 nitrogen and oxygen atoms in total. The molecule has 1 aliphatic rings. The molecule has 1 fully saturated rings. The first-order chi connectivity index (χ1) is 9.61. The molecule has 0 heterocycles. The van der Waals surface area contributed by atoms with Gasteiger partial charge in [-0.1, -0.05) is 18.6 Å². The number of halogens is 1. The molecule has 0 bridgehead atoms. The predicted molar refractivity (Wildman–Crippen MR) is 88.0 cm³/mol. The third kappa shape index (κ3) is 4.61. The Balaban J connectivity index is 0.00000220. The van der Waals surface area contributed by atoms with Crippen LogP contribution in [0.3, 0.4) is 0 Å². The second kappa shape index (κ2) is 8.25. The number of rotatable bonds is 5. The number of carbonyl (C=O) groups is 1. The highest BCUT2D eigenvalue weighted by molar-refractivity contribution is 5.94. The Morgan fingerprint density at radius 1 is 1.38 bits per heavy atom. The third-order valence-electron chi connectivity index (χ3n) is 3.81. The zero-order chi connectivity index (χ0) is 14.5. The van der Waals surface area contributed by atoms with Gasteiger partial charge in [0.25, 0.3) is 0 Å². The summed E-state index contributed by atoms with van der Waals surface area (Å²) in [6.07, 6.45) is 3.15. The van der Waals surface area contributed by atoms with Crippen molar-refractivity contribution in [3.8, 4) is 5.75 Å². The molecule has 3 N–H and O–H groups in total. The fraction of sp³-hybridized carbons (Fsp3) is 0.562. The van der Waals surface area contributed by atoms with Crippen LogP contribution in [0.25, 0.3) is 0 Å². The maximum absolute atomic E-state index is 12.4. The van der Waals surface area contributed by atoms with Crippen LogP contribution in [0.2, 0.25) is 0 Å². The predicted octanol–water partition coefficient (Wildman–Crippen LogP) is 3.21. The van der Waals surface area contributed by atoms with Crippen molar-refractivity contribution in [2.45, 2.75) is 39.2 Å². The number of carbonyl (C=O) groups excluding carboxylic acids is 1. The third-order valence-corrected chi connectivity index (χ3v) is 3.81. The van der Waals surface area contributed by atoms with E-state index in [4.69, 9.17) is 10.5 Å². The van der Waals surface area contributed by atoms with Crippen molar-refractivity contribution in [3.05, 3.63) is 24.3 Å². The number of hydrogen-bond donors (Lipinski definition) is 2. The van der Waals surface area contributed by atoms with Gasteiger partial charge in [0, 0.05) is 5.92 Å². The topological polar surface area (TPSA) is 64.3 Å². The molecule has 0 saturated heterocycles. The number of nitrogens with two attached hydrogens (primary N) is 1. The van der Waals surface area contributed by atoms with Crippen molar-refractivity contribution in [1.82, 2.24) is 0 Å². The van der Waals surface area contributed by atoms with Crippen molar-refractivity contribution < 1.29 is 9.53 Å². The Morgan fingerprint density at radius 2 is 2.10 bits per heavy atom. The van der Waals surface area contributed by atoms with Crippen LogP contribution < -0.4 is 15.8 Å². The van der Waals surface area contributed by atoms with Crippen LogP contribution in [0.1, 0.15) is 33.1 Å². The molecule has 0 aliphatic heterocycles. The summed E-state index contributed by atoms with van der Waals surface area (Å²) in [5, 5.41) is 3.00. The summed E-state index contributed by atoms with van der Waals surface area (Å²) >= 11 is 0. The lowest BCUT2D eigenvalue weighted by atomic mass is 9.95. The van der Waals surface area contributed by atoms with Gasteiger partial charge in [-0.2, -0.15) is 0 Å². The van der Waals surface area contributed by atoms with E-state index in [1.54, 1.807) is 0 Å². The number of hydrogen-bond acceptors (Lipinski definition) is 3. The Hall–Kier alpha value is -1.26. The van der Waals surface area contributed by atoms with Crippen molar-refractivity contribution in [3.63, 3.8) is 0 Å². The van der Waals surface area contributed by atoms with Gasteiger partial charge < -0.3 is 15.8 Å². The van der Waals surface area contributed by atoms with Gasteiger partial charge in [-0.25, -0.2) is 0 Å². The summed E-state index contributed by atoms with van der Waals surface area (Å²) in [6, 6.07) is 7.57. The highest BCUT2D eigenvalue weighted by Crippen LogP contribution is 2.33. The molecule has 2 rings (SSSR count). The van der Waals surface area contributed by atoms with E-state index in [2.05, 4.69) is 5.32 Å². The number of benzene rings is 1. The van der Waals surface area contributed by atoms with Crippen LogP contribution in [0, 0.1) is 11.8 Å². The van der Waals surface area contributed by atoms with Crippen LogP contribution in [0.15, 0.2) is 24.3 Å². The Labute approximate surface area is 132 Å². The van der Waals surface area contributed by atoms with E-state index in [0.717, 1.165) is 30.7 Å². The molecule has 0 aromatic heterocycles. The van der Waals surface area contributed by atoms with Crippen molar-refractivity contribution in [2.24, 2.45) is 17.6 Å². The second-order valence-electron chi connectivity index (χ2n) is 5.69. The lowest BCUT2D eigenvalue weighted by Crippen LogP contribution is -2.30. The Kier molecular flexibility index (Phi) is 6.99. The molecule has 1 amide bonds. The molecular formula is C16H25ClN2O2. The van der Waals surface area contributed by atoms with Crippen LogP contribution in [-0.4, -0.2) is 18.6 Å². The van der Waals surface area contributed by atoms with E-state index in [-0.39, 0.29) is 30.3 Å². The Morgan fingerprint density at radius 3 is 2.76 bits per heavy atom. The van der Waals surface area contributed by atoms with Gasteiger partial charge in [0.05, 0.1) is 11.8 Å². The summed E-state index contributed by atoms with van der Waals surface area (Å²) in [7, 11) is 0.